The predicted octanol–water partition coefficient (Wildman–Crippen LogP) is 7.04. The fraction of sp³-hybridized carbons (Fsp3) is 1.00. The summed E-state index contributed by atoms with van der Waals surface area (Å²) in [7, 11) is 0. The Hall–Kier alpha value is 2.86. The lowest BCUT2D eigenvalue weighted by atomic mass is 10.0. The molecule has 0 fully saturated rings. The molecule has 0 aliphatic heterocycles. The van der Waals surface area contributed by atoms with Gasteiger partial charge in [-0.1, -0.05) is 136 Å². The molecule has 0 aromatic carbocycles. The van der Waals surface area contributed by atoms with E-state index in [0.717, 1.165) is 6.42 Å². The van der Waals surface area contributed by atoms with Gasteiger partial charge in [0.2, 0.25) is 0 Å². The van der Waals surface area contributed by atoms with Crippen molar-refractivity contribution in [3.05, 3.63) is 0 Å². The number of halogens is 10. The van der Waals surface area contributed by atoms with Crippen molar-refractivity contribution in [1.29, 1.82) is 0 Å². The Bertz CT molecular complexity index is 352. The summed E-state index contributed by atoms with van der Waals surface area (Å²) in [5.41, 5.74) is 0. The number of unbranched alkanes of at least 4 members (excludes halogenated alkanes) is 1. The molecule has 0 bridgehead atoms. The zero-order valence-electron chi connectivity index (χ0n) is 10.6. The highest BCUT2D eigenvalue weighted by Gasteiger charge is 2.72. The fourth-order valence-corrected chi connectivity index (χ4v) is 4.25. The van der Waals surface area contributed by atoms with Crippen LogP contribution in [0.1, 0.15) is 26.2 Å². The van der Waals surface area contributed by atoms with E-state index in [1.165, 1.54) is 0 Å². The molecule has 0 atom stereocenters. The van der Waals surface area contributed by atoms with Crippen LogP contribution in [0.2, 0.25) is 0 Å². The minimum absolute atomic E-state index is 0.154. The average Bonchev–Trinajstić information content (AvgIpc) is 2.35. The lowest BCUT2D eigenvalue weighted by Gasteiger charge is -2.49. The zero-order chi connectivity index (χ0) is 17.3. The summed E-state index contributed by atoms with van der Waals surface area (Å²) in [6.07, 6.45) is 1.50. The molecule has 0 saturated heterocycles. The number of aliphatic hydroxyl groups is 1. The first kappa shape index (κ1) is 23.9. The summed E-state index contributed by atoms with van der Waals surface area (Å²) < 4.78 is -11.1. The number of hydrogen-bond donors (Lipinski definition) is 1. The van der Waals surface area contributed by atoms with Crippen LogP contribution >= 0.6 is 116 Å². The third kappa shape index (κ3) is 4.53. The van der Waals surface area contributed by atoms with Crippen LogP contribution in [-0.4, -0.2) is 33.4 Å². The standard InChI is InChI=1S/C10H12Cl10O/c1-2-3-4-6(11,12)8(15,16)10(19,20)9(17,18)7(13,14)5-21/h21H,2-5H2,1H3. The van der Waals surface area contributed by atoms with Gasteiger partial charge in [0.25, 0.3) is 0 Å². The third-order valence-corrected chi connectivity index (χ3v) is 9.61. The van der Waals surface area contributed by atoms with Crippen LogP contribution in [0.15, 0.2) is 0 Å². The molecule has 128 valence electrons. The molecule has 21 heavy (non-hydrogen) atoms. The highest BCUT2D eigenvalue weighted by molar-refractivity contribution is 6.76. The van der Waals surface area contributed by atoms with Crippen LogP contribution in [0.25, 0.3) is 0 Å². The van der Waals surface area contributed by atoms with E-state index in [4.69, 9.17) is 116 Å². The van der Waals surface area contributed by atoms with E-state index in [9.17, 15) is 5.11 Å². The number of alkyl halides is 10. The van der Waals surface area contributed by atoms with Gasteiger partial charge >= 0.3 is 0 Å². The van der Waals surface area contributed by atoms with Crippen molar-refractivity contribution in [2.75, 3.05) is 6.61 Å². The van der Waals surface area contributed by atoms with E-state index in [1.54, 1.807) is 0 Å². The zero-order valence-corrected chi connectivity index (χ0v) is 18.1. The SMILES string of the molecule is CCCCC(Cl)(Cl)C(Cl)(Cl)C(Cl)(Cl)C(Cl)(Cl)C(Cl)(Cl)CO. The largest absolute Gasteiger partial charge is 0.393 e. The van der Waals surface area contributed by atoms with E-state index in [1.807, 2.05) is 6.92 Å². The summed E-state index contributed by atoms with van der Waals surface area (Å²) >= 11 is 60.7. The van der Waals surface area contributed by atoms with E-state index < -0.39 is 28.3 Å². The Balaban J connectivity index is 5.76. The summed E-state index contributed by atoms with van der Waals surface area (Å²) in [6, 6.07) is 0. The van der Waals surface area contributed by atoms with Crippen molar-refractivity contribution in [2.45, 2.75) is 47.9 Å². The smallest absolute Gasteiger partial charge is 0.189 e. The molecule has 0 spiro atoms. The van der Waals surface area contributed by atoms with Crippen molar-refractivity contribution in [1.82, 2.24) is 0 Å². The van der Waals surface area contributed by atoms with E-state index in [-0.39, 0.29) is 6.42 Å². The van der Waals surface area contributed by atoms with Crippen LogP contribution in [0, 0.1) is 0 Å². The second kappa shape index (κ2) is 8.04. The van der Waals surface area contributed by atoms with Gasteiger partial charge in [0.1, 0.15) is 0 Å². The van der Waals surface area contributed by atoms with Crippen molar-refractivity contribution >= 4 is 116 Å². The summed E-state index contributed by atoms with van der Waals surface area (Å²) in [6.45, 7) is 1.03. The maximum Gasteiger partial charge on any atom is 0.189 e. The van der Waals surface area contributed by atoms with Gasteiger partial charge in [-0.05, 0) is 6.42 Å². The lowest BCUT2D eigenvalue weighted by Crippen LogP contribution is -2.63. The first-order chi connectivity index (χ1) is 9.12. The van der Waals surface area contributed by atoms with Crippen LogP contribution in [0.5, 0.6) is 0 Å². The van der Waals surface area contributed by atoms with Gasteiger partial charge in [0, 0.05) is 0 Å². The minimum Gasteiger partial charge on any atom is -0.393 e. The summed E-state index contributed by atoms with van der Waals surface area (Å²) in [5, 5.41) is 9.20. The maximum absolute atomic E-state index is 9.20. The molecular formula is C10H12Cl10O. The molecule has 0 aliphatic rings. The molecule has 0 aliphatic carbocycles. The Morgan fingerprint density at radius 3 is 1.38 bits per heavy atom. The Labute approximate surface area is 174 Å². The van der Waals surface area contributed by atoms with Gasteiger partial charge in [0.15, 0.2) is 21.7 Å². The fourth-order valence-electron chi connectivity index (χ4n) is 1.31. The highest BCUT2D eigenvalue weighted by Crippen LogP contribution is 2.66. The van der Waals surface area contributed by atoms with Crippen LogP contribution in [0.4, 0.5) is 0 Å². The van der Waals surface area contributed by atoms with Crippen LogP contribution in [-0.2, 0) is 0 Å². The normalized spacial score (nSPS) is 15.4. The number of aliphatic hydroxyl groups excluding tert-OH is 1. The Morgan fingerprint density at radius 2 is 1.05 bits per heavy atom. The molecule has 11 heteroatoms. The molecule has 0 rings (SSSR count). The van der Waals surface area contributed by atoms with E-state index in [0.29, 0.717) is 6.42 Å². The van der Waals surface area contributed by atoms with Crippen molar-refractivity contribution in [3.63, 3.8) is 0 Å². The molecule has 1 nitrogen and oxygen atoms in total. The Kier molecular flexibility index (Phi) is 9.14. The molecule has 0 amide bonds. The second-order valence-corrected chi connectivity index (χ2v) is 11.3. The first-order valence-corrected chi connectivity index (χ1v) is 9.40. The van der Waals surface area contributed by atoms with Crippen molar-refractivity contribution in [2.24, 2.45) is 0 Å². The number of hydrogen-bond acceptors (Lipinski definition) is 1. The highest BCUT2D eigenvalue weighted by atomic mass is 35.6. The van der Waals surface area contributed by atoms with Gasteiger partial charge in [0.05, 0.1) is 6.61 Å². The molecule has 0 unspecified atom stereocenters. The predicted molar refractivity (Wildman–Crippen MR) is 98.8 cm³/mol. The van der Waals surface area contributed by atoms with Crippen molar-refractivity contribution in [3.8, 4) is 0 Å². The van der Waals surface area contributed by atoms with Crippen LogP contribution < -0.4 is 0 Å². The van der Waals surface area contributed by atoms with Gasteiger partial charge in [-0.25, -0.2) is 0 Å². The molecule has 0 heterocycles. The van der Waals surface area contributed by atoms with Crippen molar-refractivity contribution < 1.29 is 5.11 Å². The second-order valence-electron chi connectivity index (χ2n) is 4.39. The van der Waals surface area contributed by atoms with Crippen LogP contribution in [0.3, 0.4) is 0 Å². The molecule has 0 aromatic heterocycles. The number of rotatable bonds is 8. The lowest BCUT2D eigenvalue weighted by molar-refractivity contribution is 0.262. The average molecular weight is 503 g/mol. The molecule has 0 radical (unpaired) electrons. The minimum atomic E-state index is -2.42. The molecule has 1 N–H and O–H groups in total. The van der Waals surface area contributed by atoms with Gasteiger partial charge in [-0.3, -0.25) is 0 Å². The van der Waals surface area contributed by atoms with Gasteiger partial charge in [-0.15, -0.1) is 0 Å². The Morgan fingerprint density at radius 1 is 0.667 bits per heavy atom. The summed E-state index contributed by atoms with van der Waals surface area (Å²) in [5.74, 6) is 0. The van der Waals surface area contributed by atoms with Gasteiger partial charge in [-0.2, -0.15) is 0 Å². The molecule has 0 aromatic rings. The van der Waals surface area contributed by atoms with E-state index in [2.05, 4.69) is 0 Å². The van der Waals surface area contributed by atoms with Gasteiger partial charge < -0.3 is 5.11 Å². The van der Waals surface area contributed by atoms with E-state index >= 15 is 0 Å². The summed E-state index contributed by atoms with van der Waals surface area (Å²) in [4.78, 5) is 0. The quantitative estimate of drug-likeness (QED) is 0.353. The maximum atomic E-state index is 9.20. The third-order valence-electron chi connectivity index (χ3n) is 2.75. The molecule has 0 saturated carbocycles. The monoisotopic (exact) mass is 498 g/mol. The topological polar surface area (TPSA) is 20.2 Å². The molecular weight excluding hydrogens is 491 g/mol. The first-order valence-electron chi connectivity index (χ1n) is 5.62.